The van der Waals surface area contributed by atoms with Crippen molar-refractivity contribution in [3.05, 3.63) is 58.4 Å². The predicted octanol–water partition coefficient (Wildman–Crippen LogP) is 3.73. The summed E-state index contributed by atoms with van der Waals surface area (Å²) in [6, 6.07) is 8.23. The summed E-state index contributed by atoms with van der Waals surface area (Å²) in [4.78, 5) is 12.6. The molecule has 0 aromatic heterocycles. The van der Waals surface area contributed by atoms with Crippen LogP contribution in [0.25, 0.3) is 0 Å². The molecule has 0 radical (unpaired) electrons. The summed E-state index contributed by atoms with van der Waals surface area (Å²) in [6.45, 7) is 1.20. The first-order valence-corrected chi connectivity index (χ1v) is 12.4. The molecule has 4 rings (SSSR count). The smallest absolute Gasteiger partial charge is 0.255 e. The van der Waals surface area contributed by atoms with Crippen molar-refractivity contribution in [1.82, 2.24) is 0 Å². The molecule has 172 valence electrons. The predicted molar refractivity (Wildman–Crippen MR) is 119 cm³/mol. The summed E-state index contributed by atoms with van der Waals surface area (Å²) >= 11 is 6.23. The zero-order valence-electron chi connectivity index (χ0n) is 17.5. The van der Waals surface area contributed by atoms with Gasteiger partial charge in [-0.2, -0.15) is 0 Å². The third-order valence-electron chi connectivity index (χ3n) is 6.98. The van der Waals surface area contributed by atoms with Gasteiger partial charge in [0.05, 0.1) is 27.4 Å². The number of aryl methyl sites for hydroxylation is 1. The van der Waals surface area contributed by atoms with Crippen LogP contribution in [0.1, 0.15) is 41.6 Å². The number of aliphatic hydroxyl groups excluding tert-OH is 1. The number of carbonyl (C=O) groups is 1. The van der Waals surface area contributed by atoms with E-state index in [9.17, 15) is 27.8 Å². The molecular weight excluding hydrogens is 457 g/mol. The van der Waals surface area contributed by atoms with Crippen LogP contribution < -0.4 is 5.32 Å². The molecule has 2 aliphatic carbocycles. The Morgan fingerprint density at radius 3 is 2.44 bits per heavy atom. The molecule has 2 aliphatic rings. The largest absolute Gasteiger partial charge is 0.393 e. The molecule has 2 fully saturated rings. The molecule has 1 amide bonds. The summed E-state index contributed by atoms with van der Waals surface area (Å²) in [5.74, 6) is -1.52. The Hall–Kier alpha value is -2.00. The number of benzene rings is 2. The van der Waals surface area contributed by atoms with Crippen LogP contribution in [-0.4, -0.2) is 42.0 Å². The van der Waals surface area contributed by atoms with Crippen molar-refractivity contribution in [3.8, 4) is 0 Å². The van der Waals surface area contributed by atoms with Gasteiger partial charge in [0.15, 0.2) is 9.84 Å². The minimum absolute atomic E-state index is 0.0227. The lowest BCUT2D eigenvalue weighted by atomic mass is 9.75. The number of hydrogen-bond donors (Lipinski definition) is 3. The summed E-state index contributed by atoms with van der Waals surface area (Å²) in [5, 5.41) is 22.3. The lowest BCUT2D eigenvalue weighted by Gasteiger charge is -2.41. The second kappa shape index (κ2) is 8.41. The molecule has 0 heterocycles. The summed E-state index contributed by atoms with van der Waals surface area (Å²) in [5.41, 5.74) is -0.358. The van der Waals surface area contributed by atoms with Gasteiger partial charge in [-0.1, -0.05) is 11.6 Å². The van der Waals surface area contributed by atoms with Gasteiger partial charge in [0.2, 0.25) is 0 Å². The van der Waals surface area contributed by atoms with Crippen LogP contribution in [0.2, 0.25) is 5.02 Å². The first kappa shape index (κ1) is 23.2. The molecule has 32 heavy (non-hydrogen) atoms. The minimum Gasteiger partial charge on any atom is -0.393 e. The Morgan fingerprint density at radius 1 is 1.19 bits per heavy atom. The number of sulfone groups is 1. The molecule has 0 saturated heterocycles. The normalized spacial score (nSPS) is 27.3. The molecule has 6 nitrogen and oxygen atoms in total. The van der Waals surface area contributed by atoms with E-state index in [1.54, 1.807) is 6.92 Å². The van der Waals surface area contributed by atoms with Crippen LogP contribution >= 0.6 is 11.6 Å². The van der Waals surface area contributed by atoms with Gasteiger partial charge in [-0.25, -0.2) is 12.8 Å². The Balaban J connectivity index is 1.59. The van der Waals surface area contributed by atoms with E-state index < -0.39 is 32.4 Å². The van der Waals surface area contributed by atoms with E-state index in [2.05, 4.69) is 5.32 Å². The van der Waals surface area contributed by atoms with E-state index in [4.69, 9.17) is 11.6 Å². The van der Waals surface area contributed by atoms with Crippen molar-refractivity contribution in [2.45, 2.75) is 48.4 Å². The standard InChI is InChI=1S/C23H25ClFNO5S/c1-13-8-17(5-7-20(13)25)26-22(28)14-2-6-19(24)21(9-14)32(30,31)18-10-15-3-4-16(11-18)23(15,29)12-27/h2,5-9,15-16,18,27,29H,3-4,10-12H2,1H3,(H,26,28)/t15-,16?,18?,23?/m1/s1. The first-order chi connectivity index (χ1) is 15.1. The zero-order chi connectivity index (χ0) is 23.3. The number of carbonyl (C=O) groups excluding carboxylic acids is 1. The van der Waals surface area contributed by atoms with Crippen LogP contribution in [0.3, 0.4) is 0 Å². The Labute approximate surface area is 191 Å². The maximum absolute atomic E-state index is 13.5. The first-order valence-electron chi connectivity index (χ1n) is 10.5. The van der Waals surface area contributed by atoms with Gasteiger partial charge < -0.3 is 15.5 Å². The van der Waals surface area contributed by atoms with Crippen LogP contribution in [-0.2, 0) is 9.84 Å². The lowest BCUT2D eigenvalue weighted by Crippen LogP contribution is -2.50. The average molecular weight is 482 g/mol. The maximum Gasteiger partial charge on any atom is 0.255 e. The number of nitrogens with one attached hydrogen (secondary N) is 1. The van der Waals surface area contributed by atoms with E-state index >= 15 is 0 Å². The number of amides is 1. The van der Waals surface area contributed by atoms with Crippen LogP contribution in [0.15, 0.2) is 41.3 Å². The van der Waals surface area contributed by atoms with Crippen molar-refractivity contribution >= 4 is 33.0 Å². The number of hydrogen-bond acceptors (Lipinski definition) is 5. The zero-order valence-corrected chi connectivity index (χ0v) is 19.1. The molecule has 3 unspecified atom stereocenters. The van der Waals surface area contributed by atoms with Gasteiger partial charge >= 0.3 is 0 Å². The van der Waals surface area contributed by atoms with Gasteiger partial charge in [-0.05, 0) is 86.4 Å². The fraction of sp³-hybridized carbons (Fsp3) is 0.435. The molecule has 2 aromatic carbocycles. The maximum atomic E-state index is 13.5. The molecule has 2 saturated carbocycles. The van der Waals surface area contributed by atoms with E-state index in [1.165, 1.54) is 36.4 Å². The van der Waals surface area contributed by atoms with Crippen LogP contribution in [0, 0.1) is 24.6 Å². The topological polar surface area (TPSA) is 104 Å². The monoisotopic (exact) mass is 481 g/mol. The summed E-state index contributed by atoms with van der Waals surface area (Å²) in [6.07, 6.45) is 1.80. The van der Waals surface area contributed by atoms with E-state index in [-0.39, 0.29) is 46.8 Å². The second-order valence-electron chi connectivity index (χ2n) is 8.82. The van der Waals surface area contributed by atoms with E-state index in [1.807, 2.05) is 0 Å². The average Bonchev–Trinajstić information content (AvgIpc) is 2.92. The van der Waals surface area contributed by atoms with Gasteiger partial charge in [0.1, 0.15) is 5.82 Å². The third-order valence-corrected chi connectivity index (χ3v) is 9.64. The van der Waals surface area contributed by atoms with Crippen molar-refractivity contribution < 1.29 is 27.8 Å². The summed E-state index contributed by atoms with van der Waals surface area (Å²) in [7, 11) is -3.87. The second-order valence-corrected chi connectivity index (χ2v) is 11.4. The molecule has 2 aromatic rings. The van der Waals surface area contributed by atoms with Gasteiger partial charge in [-0.3, -0.25) is 4.79 Å². The van der Waals surface area contributed by atoms with Crippen LogP contribution in [0.4, 0.5) is 10.1 Å². The van der Waals surface area contributed by atoms with Crippen molar-refractivity contribution in [2.24, 2.45) is 11.8 Å². The minimum atomic E-state index is -3.87. The molecule has 9 heteroatoms. The van der Waals surface area contributed by atoms with Gasteiger partial charge in [0, 0.05) is 11.3 Å². The molecule has 2 bridgehead atoms. The van der Waals surface area contributed by atoms with E-state index in [0.29, 0.717) is 24.1 Å². The highest BCUT2D eigenvalue weighted by molar-refractivity contribution is 7.92. The molecular formula is C23H25ClFNO5S. The van der Waals surface area contributed by atoms with Crippen molar-refractivity contribution in [2.75, 3.05) is 11.9 Å². The Bertz CT molecular complexity index is 1150. The van der Waals surface area contributed by atoms with Crippen molar-refractivity contribution in [3.63, 3.8) is 0 Å². The third kappa shape index (κ3) is 3.94. The van der Waals surface area contributed by atoms with E-state index in [0.717, 1.165) is 0 Å². The van der Waals surface area contributed by atoms with Crippen LogP contribution in [0.5, 0.6) is 0 Å². The molecule has 0 spiro atoms. The van der Waals surface area contributed by atoms with Gasteiger partial charge in [0.25, 0.3) is 5.91 Å². The quantitative estimate of drug-likeness (QED) is 0.603. The number of fused-ring (bicyclic) bond motifs is 2. The fourth-order valence-corrected chi connectivity index (χ4v) is 7.49. The highest BCUT2D eigenvalue weighted by atomic mass is 35.5. The number of rotatable bonds is 5. The fourth-order valence-electron chi connectivity index (χ4n) is 5.09. The molecule has 4 atom stereocenters. The Kier molecular flexibility index (Phi) is 6.09. The number of aliphatic hydroxyl groups is 2. The Morgan fingerprint density at radius 2 is 1.84 bits per heavy atom. The van der Waals surface area contributed by atoms with Crippen molar-refractivity contribution in [1.29, 1.82) is 0 Å². The highest BCUT2D eigenvalue weighted by Gasteiger charge is 2.55. The number of anilines is 1. The lowest BCUT2D eigenvalue weighted by molar-refractivity contribution is -0.0943. The number of halogens is 2. The SMILES string of the molecule is Cc1cc(NC(=O)c2ccc(Cl)c(S(=O)(=O)C3CC4CC[C@H](C3)C4(O)CO)c2)ccc1F. The molecule has 0 aliphatic heterocycles. The molecule has 3 N–H and O–H groups in total. The summed E-state index contributed by atoms with van der Waals surface area (Å²) < 4.78 is 40.4. The highest BCUT2D eigenvalue weighted by Crippen LogP contribution is 2.51. The van der Waals surface area contributed by atoms with Gasteiger partial charge in [-0.15, -0.1) is 0 Å².